The molecule has 1 rings (SSSR count). The van der Waals surface area contributed by atoms with Gasteiger partial charge >= 0.3 is 0 Å². The van der Waals surface area contributed by atoms with Crippen molar-refractivity contribution < 1.29 is 9.84 Å². The van der Waals surface area contributed by atoms with Gasteiger partial charge in [-0.2, -0.15) is 0 Å². The van der Waals surface area contributed by atoms with Crippen LogP contribution >= 0.6 is 0 Å². The number of nitrogens with zero attached hydrogens (tertiary/aromatic N) is 1. The highest BCUT2D eigenvalue weighted by Gasteiger charge is 2.01. The lowest BCUT2D eigenvalue weighted by atomic mass is 10.3. The SMILES string of the molecule is COc1cc(N=O)ccc1O. The third-order valence-electron chi connectivity index (χ3n) is 1.27. The second kappa shape index (κ2) is 3.01. The summed E-state index contributed by atoms with van der Waals surface area (Å²) in [6, 6.07) is 4.13. The van der Waals surface area contributed by atoms with E-state index in [4.69, 9.17) is 9.84 Å². The van der Waals surface area contributed by atoms with Gasteiger partial charge in [-0.1, -0.05) is 0 Å². The summed E-state index contributed by atoms with van der Waals surface area (Å²) < 4.78 is 4.74. The van der Waals surface area contributed by atoms with Crippen molar-refractivity contribution in [2.75, 3.05) is 7.11 Å². The average molecular weight is 153 g/mol. The number of methoxy groups -OCH3 is 1. The van der Waals surface area contributed by atoms with Gasteiger partial charge in [0.05, 0.1) is 7.11 Å². The predicted octanol–water partition coefficient (Wildman–Crippen LogP) is 1.80. The summed E-state index contributed by atoms with van der Waals surface area (Å²) in [4.78, 5) is 10.00. The van der Waals surface area contributed by atoms with E-state index in [1.165, 1.54) is 25.3 Å². The fourth-order valence-corrected chi connectivity index (χ4v) is 0.723. The molecule has 0 aliphatic carbocycles. The summed E-state index contributed by atoms with van der Waals surface area (Å²) in [6.07, 6.45) is 0. The van der Waals surface area contributed by atoms with E-state index in [0.717, 1.165) is 0 Å². The topological polar surface area (TPSA) is 58.9 Å². The Morgan fingerprint density at radius 3 is 2.82 bits per heavy atom. The number of rotatable bonds is 2. The quantitative estimate of drug-likeness (QED) is 0.659. The third-order valence-corrected chi connectivity index (χ3v) is 1.27. The van der Waals surface area contributed by atoms with Gasteiger partial charge in [0.25, 0.3) is 0 Å². The van der Waals surface area contributed by atoms with Crippen LogP contribution < -0.4 is 4.74 Å². The van der Waals surface area contributed by atoms with Crippen LogP contribution in [0.3, 0.4) is 0 Å². The molecule has 0 bridgehead atoms. The molecule has 0 aliphatic heterocycles. The minimum Gasteiger partial charge on any atom is -0.504 e. The fourth-order valence-electron chi connectivity index (χ4n) is 0.723. The van der Waals surface area contributed by atoms with E-state index >= 15 is 0 Å². The monoisotopic (exact) mass is 153 g/mol. The molecular weight excluding hydrogens is 146 g/mol. The van der Waals surface area contributed by atoms with Crippen molar-refractivity contribution in [1.82, 2.24) is 0 Å². The van der Waals surface area contributed by atoms with Crippen LogP contribution in [0.15, 0.2) is 23.4 Å². The van der Waals surface area contributed by atoms with Crippen LogP contribution in [0.5, 0.6) is 11.5 Å². The van der Waals surface area contributed by atoms with E-state index in [1.54, 1.807) is 0 Å². The molecule has 0 amide bonds. The Hall–Kier alpha value is -1.58. The first kappa shape index (κ1) is 7.53. The van der Waals surface area contributed by atoms with Crippen molar-refractivity contribution in [2.24, 2.45) is 5.18 Å². The number of benzene rings is 1. The molecule has 0 heterocycles. The Balaban J connectivity index is 3.12. The maximum atomic E-state index is 10.00. The Kier molecular flexibility index (Phi) is 2.06. The second-order valence-electron chi connectivity index (χ2n) is 1.95. The molecule has 0 aromatic heterocycles. The van der Waals surface area contributed by atoms with Gasteiger partial charge in [-0.15, -0.1) is 4.91 Å². The Morgan fingerprint density at radius 2 is 2.27 bits per heavy atom. The van der Waals surface area contributed by atoms with Crippen LogP contribution in [0.1, 0.15) is 0 Å². The Bertz CT molecular complexity index is 272. The summed E-state index contributed by atoms with van der Waals surface area (Å²) >= 11 is 0. The van der Waals surface area contributed by atoms with E-state index in [0.29, 0.717) is 0 Å². The van der Waals surface area contributed by atoms with Gasteiger partial charge in [-0.3, -0.25) is 0 Å². The van der Waals surface area contributed by atoms with Gasteiger partial charge < -0.3 is 9.84 Å². The predicted molar refractivity (Wildman–Crippen MR) is 40.1 cm³/mol. The second-order valence-corrected chi connectivity index (χ2v) is 1.95. The number of phenolic OH excluding ortho intramolecular Hbond substituents is 1. The van der Waals surface area contributed by atoms with Crippen molar-refractivity contribution in [3.8, 4) is 11.5 Å². The molecule has 11 heavy (non-hydrogen) atoms. The molecule has 0 saturated carbocycles. The van der Waals surface area contributed by atoms with Crippen LogP contribution in [0.2, 0.25) is 0 Å². The first-order valence-corrected chi connectivity index (χ1v) is 2.98. The van der Waals surface area contributed by atoms with Crippen LogP contribution in [-0.2, 0) is 0 Å². The zero-order valence-corrected chi connectivity index (χ0v) is 5.94. The number of phenols is 1. The number of nitroso groups, excluding NO2 is 1. The minimum atomic E-state index is -0.0000926. The van der Waals surface area contributed by atoms with Crippen molar-refractivity contribution in [2.45, 2.75) is 0 Å². The van der Waals surface area contributed by atoms with E-state index < -0.39 is 0 Å². The van der Waals surface area contributed by atoms with Gasteiger partial charge in [0.2, 0.25) is 0 Å². The highest BCUT2D eigenvalue weighted by atomic mass is 16.5. The molecule has 0 unspecified atom stereocenters. The lowest BCUT2D eigenvalue weighted by Gasteiger charge is -2.01. The summed E-state index contributed by atoms with van der Waals surface area (Å²) in [6.45, 7) is 0. The Labute approximate surface area is 63.4 Å². The standard InChI is InChI=1S/C7H7NO3/c1-11-7-4-5(8-10)2-3-6(7)9/h2-4,9H,1H3. The molecule has 0 fully saturated rings. The molecule has 58 valence electrons. The molecule has 0 radical (unpaired) electrons. The average Bonchev–Trinajstić information content (AvgIpc) is 2.05. The van der Waals surface area contributed by atoms with Gasteiger partial charge in [-0.05, 0) is 17.3 Å². The summed E-state index contributed by atoms with van der Waals surface area (Å²) in [5.41, 5.74) is 0.236. The van der Waals surface area contributed by atoms with Crippen LogP contribution in [0.4, 0.5) is 5.69 Å². The smallest absolute Gasteiger partial charge is 0.162 e. The fraction of sp³-hybridized carbons (Fsp3) is 0.143. The summed E-state index contributed by atoms with van der Waals surface area (Å²) in [5.74, 6) is 0.252. The largest absolute Gasteiger partial charge is 0.504 e. The summed E-state index contributed by atoms with van der Waals surface area (Å²) in [5, 5.41) is 11.7. The zero-order valence-electron chi connectivity index (χ0n) is 5.94. The minimum absolute atomic E-state index is 0.0000926. The lowest BCUT2D eigenvalue weighted by molar-refractivity contribution is 0.373. The highest BCUT2D eigenvalue weighted by molar-refractivity contribution is 5.50. The molecule has 4 heteroatoms. The number of aromatic hydroxyl groups is 1. The van der Waals surface area contributed by atoms with E-state index in [9.17, 15) is 4.91 Å². The van der Waals surface area contributed by atoms with Gasteiger partial charge in [-0.25, -0.2) is 0 Å². The van der Waals surface area contributed by atoms with Gasteiger partial charge in [0.15, 0.2) is 11.5 Å². The third kappa shape index (κ3) is 1.46. The van der Waals surface area contributed by atoms with E-state index in [2.05, 4.69) is 5.18 Å². The van der Waals surface area contributed by atoms with Crippen LogP contribution in [-0.4, -0.2) is 12.2 Å². The molecule has 0 aliphatic rings. The Morgan fingerprint density at radius 1 is 1.55 bits per heavy atom. The van der Waals surface area contributed by atoms with Crippen LogP contribution in [0.25, 0.3) is 0 Å². The van der Waals surface area contributed by atoms with Crippen molar-refractivity contribution in [3.63, 3.8) is 0 Å². The number of hydrogen-bond donors (Lipinski definition) is 1. The molecule has 1 aromatic rings. The normalized spacial score (nSPS) is 9.18. The van der Waals surface area contributed by atoms with Gasteiger partial charge in [0, 0.05) is 6.07 Å². The first-order chi connectivity index (χ1) is 5.27. The van der Waals surface area contributed by atoms with Crippen molar-refractivity contribution >= 4 is 5.69 Å². The molecule has 1 aromatic carbocycles. The molecule has 0 spiro atoms. The molecule has 0 atom stereocenters. The molecule has 4 nitrogen and oxygen atoms in total. The maximum absolute atomic E-state index is 10.00. The van der Waals surface area contributed by atoms with Gasteiger partial charge in [0.1, 0.15) is 5.69 Å². The van der Waals surface area contributed by atoms with Crippen LogP contribution in [0, 0.1) is 4.91 Å². The molecular formula is C7H7NO3. The van der Waals surface area contributed by atoms with E-state index in [-0.39, 0.29) is 17.2 Å². The maximum Gasteiger partial charge on any atom is 0.162 e. The summed E-state index contributed by atoms with van der Waals surface area (Å²) in [7, 11) is 1.41. The molecule has 1 N–H and O–H groups in total. The molecule has 0 saturated heterocycles. The zero-order chi connectivity index (χ0) is 8.27. The highest BCUT2D eigenvalue weighted by Crippen LogP contribution is 2.29. The number of ether oxygens (including phenoxy) is 1. The number of hydrogen-bond acceptors (Lipinski definition) is 4. The lowest BCUT2D eigenvalue weighted by Crippen LogP contribution is -1.81. The van der Waals surface area contributed by atoms with Crippen molar-refractivity contribution in [3.05, 3.63) is 23.1 Å². The first-order valence-electron chi connectivity index (χ1n) is 2.98. The van der Waals surface area contributed by atoms with Crippen molar-refractivity contribution in [1.29, 1.82) is 0 Å². The van der Waals surface area contributed by atoms with E-state index in [1.807, 2.05) is 0 Å².